The Kier molecular flexibility index (Phi) is 5.92. The van der Waals surface area contributed by atoms with Gasteiger partial charge in [0.25, 0.3) is 0 Å². The van der Waals surface area contributed by atoms with Crippen molar-refractivity contribution in [2.24, 2.45) is 7.05 Å². The molecule has 7 heteroatoms. The molecular formula is C27H29N5O2. The Morgan fingerprint density at radius 2 is 1.88 bits per heavy atom. The molecule has 34 heavy (non-hydrogen) atoms. The van der Waals surface area contributed by atoms with Crippen LogP contribution in [0.5, 0.6) is 0 Å². The maximum Gasteiger partial charge on any atom is 0.229 e. The molecule has 0 saturated carbocycles. The normalized spacial score (nSPS) is 14.3. The molecule has 174 valence electrons. The molecule has 0 aliphatic carbocycles. The first kappa shape index (κ1) is 21.9. The van der Waals surface area contributed by atoms with Crippen LogP contribution in [0.2, 0.25) is 0 Å². The number of nitrogens with one attached hydrogen (secondary N) is 1. The minimum atomic E-state index is -0.0463. The number of anilines is 1. The lowest BCUT2D eigenvalue weighted by Crippen LogP contribution is -2.38. The molecule has 1 N–H and O–H groups in total. The molecule has 3 heterocycles. The summed E-state index contributed by atoms with van der Waals surface area (Å²) in [4.78, 5) is 27.0. The number of rotatable bonds is 7. The summed E-state index contributed by atoms with van der Waals surface area (Å²) in [7, 11) is 2.03. The highest BCUT2D eigenvalue weighted by Crippen LogP contribution is 2.33. The van der Waals surface area contributed by atoms with E-state index in [9.17, 15) is 9.59 Å². The van der Waals surface area contributed by atoms with Gasteiger partial charge in [-0.3, -0.25) is 14.5 Å². The summed E-state index contributed by atoms with van der Waals surface area (Å²) in [5.74, 6) is 0.873. The molecular weight excluding hydrogens is 426 g/mol. The lowest BCUT2D eigenvalue weighted by Gasteiger charge is -2.27. The van der Waals surface area contributed by atoms with Gasteiger partial charge in [0.15, 0.2) is 0 Å². The summed E-state index contributed by atoms with van der Waals surface area (Å²) in [5.41, 5.74) is 4.14. The maximum atomic E-state index is 12.7. The first-order valence-corrected chi connectivity index (χ1v) is 11.8. The van der Waals surface area contributed by atoms with Crippen molar-refractivity contribution in [2.75, 3.05) is 11.4 Å². The zero-order valence-electron chi connectivity index (χ0n) is 19.6. The maximum absolute atomic E-state index is 12.7. The van der Waals surface area contributed by atoms with Crippen LogP contribution < -0.4 is 10.2 Å². The third-order valence-electron chi connectivity index (χ3n) is 6.51. The van der Waals surface area contributed by atoms with E-state index in [1.165, 1.54) is 0 Å². The quantitative estimate of drug-likeness (QED) is 0.448. The van der Waals surface area contributed by atoms with Crippen molar-refractivity contribution in [2.45, 2.75) is 38.8 Å². The van der Waals surface area contributed by atoms with E-state index < -0.39 is 0 Å². The van der Waals surface area contributed by atoms with Gasteiger partial charge in [0.05, 0.1) is 18.3 Å². The molecule has 0 radical (unpaired) electrons. The predicted molar refractivity (Wildman–Crippen MR) is 133 cm³/mol. The molecule has 7 nitrogen and oxygen atoms in total. The molecule has 0 unspecified atom stereocenters. The van der Waals surface area contributed by atoms with E-state index in [4.69, 9.17) is 5.10 Å². The van der Waals surface area contributed by atoms with Crippen LogP contribution in [0.1, 0.15) is 37.8 Å². The van der Waals surface area contributed by atoms with E-state index >= 15 is 0 Å². The van der Waals surface area contributed by atoms with Gasteiger partial charge in [-0.05, 0) is 25.0 Å². The van der Waals surface area contributed by atoms with Crippen molar-refractivity contribution in [3.8, 4) is 11.3 Å². The van der Waals surface area contributed by atoms with Crippen molar-refractivity contribution < 1.29 is 9.59 Å². The minimum Gasteiger partial charge on any atom is -0.350 e. The second-order valence-electron chi connectivity index (χ2n) is 8.88. The average Bonchev–Trinajstić information content (AvgIpc) is 3.42. The van der Waals surface area contributed by atoms with Crippen molar-refractivity contribution >= 4 is 28.5 Å². The molecule has 0 bridgehead atoms. The fraction of sp³-hybridized carbons (Fsp3) is 0.296. The number of aromatic nitrogens is 3. The third-order valence-corrected chi connectivity index (χ3v) is 6.51. The second kappa shape index (κ2) is 9.17. The summed E-state index contributed by atoms with van der Waals surface area (Å²) in [6.45, 7) is 3.05. The first-order chi connectivity index (χ1) is 16.5. The summed E-state index contributed by atoms with van der Waals surface area (Å²) >= 11 is 0. The molecule has 2 aromatic heterocycles. The van der Waals surface area contributed by atoms with Crippen LogP contribution in [0.4, 0.5) is 5.82 Å². The molecule has 4 aromatic rings. The van der Waals surface area contributed by atoms with E-state index in [0.29, 0.717) is 32.4 Å². The highest BCUT2D eigenvalue weighted by Gasteiger charge is 2.27. The molecule has 0 saturated heterocycles. The van der Waals surface area contributed by atoms with Crippen molar-refractivity contribution in [1.82, 2.24) is 19.7 Å². The van der Waals surface area contributed by atoms with Crippen LogP contribution in [-0.2, 0) is 23.2 Å². The monoisotopic (exact) mass is 455 g/mol. The lowest BCUT2D eigenvalue weighted by molar-refractivity contribution is -0.122. The van der Waals surface area contributed by atoms with Crippen LogP contribution >= 0.6 is 0 Å². The Labute approximate surface area is 199 Å². The zero-order valence-corrected chi connectivity index (χ0v) is 19.6. The smallest absolute Gasteiger partial charge is 0.229 e. The molecule has 2 amide bonds. The summed E-state index contributed by atoms with van der Waals surface area (Å²) in [6, 6.07) is 20.1. The summed E-state index contributed by atoms with van der Waals surface area (Å²) < 4.78 is 4.01. The van der Waals surface area contributed by atoms with Crippen molar-refractivity contribution in [1.29, 1.82) is 0 Å². The van der Waals surface area contributed by atoms with Gasteiger partial charge in [0.2, 0.25) is 11.8 Å². The Morgan fingerprint density at radius 3 is 2.71 bits per heavy atom. The van der Waals surface area contributed by atoms with E-state index in [-0.39, 0.29) is 17.9 Å². The van der Waals surface area contributed by atoms with E-state index in [1.54, 1.807) is 4.90 Å². The molecule has 1 aliphatic rings. The highest BCUT2D eigenvalue weighted by atomic mass is 16.2. The highest BCUT2D eigenvalue weighted by molar-refractivity contribution is 5.98. The van der Waals surface area contributed by atoms with Crippen LogP contribution in [0.3, 0.4) is 0 Å². The van der Waals surface area contributed by atoms with E-state index in [0.717, 1.165) is 33.5 Å². The predicted octanol–water partition coefficient (Wildman–Crippen LogP) is 4.44. The lowest BCUT2D eigenvalue weighted by atomic mass is 10.1. The topological polar surface area (TPSA) is 72.2 Å². The van der Waals surface area contributed by atoms with Gasteiger partial charge in [-0.25, -0.2) is 4.68 Å². The third kappa shape index (κ3) is 4.21. The number of fused-ring (bicyclic) bond motifs is 2. The van der Waals surface area contributed by atoms with Gasteiger partial charge >= 0.3 is 0 Å². The first-order valence-electron chi connectivity index (χ1n) is 11.8. The number of aryl methyl sites for hydroxylation is 2. The van der Waals surface area contributed by atoms with Crippen molar-refractivity contribution in [3.05, 3.63) is 72.4 Å². The van der Waals surface area contributed by atoms with E-state index in [1.807, 2.05) is 67.2 Å². The number of nitrogens with zero attached hydrogens (tertiary/aromatic N) is 4. The van der Waals surface area contributed by atoms with Gasteiger partial charge in [-0.1, -0.05) is 48.5 Å². The summed E-state index contributed by atoms with van der Waals surface area (Å²) in [6.07, 6.45) is 3.46. The van der Waals surface area contributed by atoms with Gasteiger partial charge in [-0.15, -0.1) is 0 Å². The van der Waals surface area contributed by atoms with Crippen LogP contribution in [0, 0.1) is 0 Å². The second-order valence-corrected chi connectivity index (χ2v) is 8.88. The molecule has 1 atom stereocenters. The number of carbonyl (C=O) groups is 2. The largest absolute Gasteiger partial charge is 0.350 e. The van der Waals surface area contributed by atoms with Crippen LogP contribution in [0.25, 0.3) is 22.2 Å². The Balaban J connectivity index is 1.27. The molecule has 5 rings (SSSR count). The summed E-state index contributed by atoms with van der Waals surface area (Å²) in [5, 5.41) is 9.00. The van der Waals surface area contributed by atoms with Crippen LogP contribution in [0.15, 0.2) is 66.9 Å². The van der Waals surface area contributed by atoms with Crippen LogP contribution in [-0.4, -0.2) is 32.7 Å². The fourth-order valence-electron chi connectivity index (χ4n) is 4.71. The van der Waals surface area contributed by atoms with Crippen molar-refractivity contribution in [3.63, 3.8) is 0 Å². The van der Waals surface area contributed by atoms with E-state index in [2.05, 4.69) is 28.2 Å². The number of amides is 2. The zero-order chi connectivity index (χ0) is 23.7. The standard InChI is InChI=1S/C27H29N5O2/c1-19(20-9-4-3-5-10-20)28-25(33)13-8-15-31-26-17-23(29-32(26)16-14-27(31)34)22-18-30(2)24-12-7-6-11-21(22)24/h3-7,9-12,17-19H,8,13-16H2,1-2H3,(H,28,33)/t19-/m1/s1. The molecule has 0 fully saturated rings. The SMILES string of the molecule is C[C@@H](NC(=O)CCCN1C(=O)CCn2nc(-c3cn(C)c4ccccc34)cc21)c1ccccc1. The number of hydrogen-bond acceptors (Lipinski definition) is 3. The molecule has 1 aliphatic heterocycles. The van der Waals surface area contributed by atoms with Gasteiger partial charge in [-0.2, -0.15) is 5.10 Å². The Hall–Kier alpha value is -3.87. The molecule has 2 aromatic carbocycles. The van der Waals surface area contributed by atoms with Gasteiger partial charge in [0.1, 0.15) is 5.82 Å². The Morgan fingerprint density at radius 1 is 1.12 bits per heavy atom. The number of carbonyl (C=O) groups excluding carboxylic acids is 2. The van der Waals surface area contributed by atoms with Gasteiger partial charge in [0, 0.05) is 55.2 Å². The minimum absolute atomic E-state index is 0.00855. The van der Waals surface area contributed by atoms with Gasteiger partial charge < -0.3 is 9.88 Å². The molecule has 0 spiro atoms. The number of hydrogen-bond donors (Lipinski definition) is 1. The number of para-hydroxylation sites is 1. The number of benzene rings is 2. The fourth-order valence-corrected chi connectivity index (χ4v) is 4.71. The average molecular weight is 456 g/mol. The Bertz CT molecular complexity index is 1340.